The molecule has 0 aromatic carbocycles. The fourth-order valence-corrected chi connectivity index (χ4v) is 3.11. The molecule has 2 atom stereocenters. The number of carbonyl (C=O) groups excluding carboxylic acids is 2. The van der Waals surface area contributed by atoms with Gasteiger partial charge in [0.1, 0.15) is 11.5 Å². The molecule has 2 amide bonds. The van der Waals surface area contributed by atoms with Crippen molar-refractivity contribution in [3.05, 3.63) is 59.9 Å². The SMILES string of the molecule is CNC(=O)[C@H]1CN(Cc2cccnc2)C[C@@H]1NC(=O)c1ccc(F)cn1. The van der Waals surface area contributed by atoms with Gasteiger partial charge >= 0.3 is 0 Å². The molecule has 0 radical (unpaired) electrons. The van der Waals surface area contributed by atoms with Gasteiger partial charge in [0, 0.05) is 39.1 Å². The van der Waals surface area contributed by atoms with E-state index in [4.69, 9.17) is 0 Å². The first-order chi connectivity index (χ1) is 12.6. The van der Waals surface area contributed by atoms with Gasteiger partial charge in [-0.05, 0) is 23.8 Å². The monoisotopic (exact) mass is 357 g/mol. The van der Waals surface area contributed by atoms with Crippen LogP contribution in [0.3, 0.4) is 0 Å². The van der Waals surface area contributed by atoms with Crippen molar-refractivity contribution in [3.63, 3.8) is 0 Å². The Bertz CT molecular complexity index is 769. The Morgan fingerprint density at radius 2 is 2.12 bits per heavy atom. The molecule has 136 valence electrons. The minimum Gasteiger partial charge on any atom is -0.359 e. The van der Waals surface area contributed by atoms with Gasteiger partial charge in [0.15, 0.2) is 0 Å². The molecule has 1 aliphatic rings. The van der Waals surface area contributed by atoms with Gasteiger partial charge in [-0.1, -0.05) is 6.07 Å². The zero-order chi connectivity index (χ0) is 18.5. The van der Waals surface area contributed by atoms with Crippen LogP contribution < -0.4 is 10.6 Å². The van der Waals surface area contributed by atoms with Crippen molar-refractivity contribution in [2.45, 2.75) is 12.6 Å². The normalized spacial score (nSPS) is 19.9. The van der Waals surface area contributed by atoms with Crippen molar-refractivity contribution in [3.8, 4) is 0 Å². The molecule has 2 aromatic rings. The summed E-state index contributed by atoms with van der Waals surface area (Å²) in [6.07, 6.45) is 4.48. The topological polar surface area (TPSA) is 87.2 Å². The van der Waals surface area contributed by atoms with Crippen LogP contribution in [0.15, 0.2) is 42.9 Å². The number of likely N-dealkylation sites (tertiary alicyclic amines) is 1. The van der Waals surface area contributed by atoms with Gasteiger partial charge in [-0.15, -0.1) is 0 Å². The summed E-state index contributed by atoms with van der Waals surface area (Å²) in [5.41, 5.74) is 1.16. The van der Waals surface area contributed by atoms with Gasteiger partial charge in [-0.3, -0.25) is 19.5 Å². The maximum absolute atomic E-state index is 13.0. The first-order valence-electron chi connectivity index (χ1n) is 8.32. The predicted octanol–water partition coefficient (Wildman–Crippen LogP) is 0.592. The second-order valence-electron chi connectivity index (χ2n) is 6.22. The average molecular weight is 357 g/mol. The van der Waals surface area contributed by atoms with Gasteiger partial charge in [0.05, 0.1) is 18.2 Å². The fraction of sp³-hybridized carbons (Fsp3) is 0.333. The van der Waals surface area contributed by atoms with Crippen LogP contribution in [0, 0.1) is 11.7 Å². The van der Waals surface area contributed by atoms with Gasteiger partial charge in [-0.2, -0.15) is 0 Å². The number of halogens is 1. The quantitative estimate of drug-likeness (QED) is 0.818. The third kappa shape index (κ3) is 4.20. The first-order valence-corrected chi connectivity index (χ1v) is 8.32. The number of nitrogens with one attached hydrogen (secondary N) is 2. The lowest BCUT2D eigenvalue weighted by Gasteiger charge is -2.18. The molecule has 0 bridgehead atoms. The van der Waals surface area contributed by atoms with Crippen molar-refractivity contribution >= 4 is 11.8 Å². The van der Waals surface area contributed by atoms with E-state index in [0.29, 0.717) is 19.6 Å². The van der Waals surface area contributed by atoms with Gasteiger partial charge in [0.2, 0.25) is 5.91 Å². The Kier molecular flexibility index (Phi) is 5.52. The van der Waals surface area contributed by atoms with Crippen molar-refractivity contribution in [1.82, 2.24) is 25.5 Å². The number of rotatable bonds is 5. The highest BCUT2D eigenvalue weighted by atomic mass is 19.1. The molecular formula is C18H20FN5O2. The Labute approximate surface area is 150 Å². The largest absolute Gasteiger partial charge is 0.359 e. The summed E-state index contributed by atoms with van der Waals surface area (Å²) in [6.45, 7) is 1.69. The maximum atomic E-state index is 13.0. The van der Waals surface area contributed by atoms with E-state index in [1.54, 1.807) is 19.4 Å². The van der Waals surface area contributed by atoms with Crippen LogP contribution in [0.4, 0.5) is 4.39 Å². The van der Waals surface area contributed by atoms with Crippen molar-refractivity contribution in [2.24, 2.45) is 5.92 Å². The molecule has 0 unspecified atom stereocenters. The van der Waals surface area contributed by atoms with Crippen LogP contribution in [0.25, 0.3) is 0 Å². The molecule has 0 aliphatic carbocycles. The van der Waals surface area contributed by atoms with Crippen LogP contribution in [0.1, 0.15) is 16.1 Å². The zero-order valence-corrected chi connectivity index (χ0v) is 14.4. The number of hydrogen-bond donors (Lipinski definition) is 2. The number of aromatic nitrogens is 2. The maximum Gasteiger partial charge on any atom is 0.270 e. The molecule has 2 N–H and O–H groups in total. The predicted molar refractivity (Wildman–Crippen MR) is 92.5 cm³/mol. The van der Waals surface area contributed by atoms with E-state index in [0.717, 1.165) is 11.8 Å². The minimum atomic E-state index is -0.506. The zero-order valence-electron chi connectivity index (χ0n) is 14.4. The van der Waals surface area contributed by atoms with Crippen LogP contribution in [0.2, 0.25) is 0 Å². The molecule has 7 nitrogen and oxygen atoms in total. The van der Waals surface area contributed by atoms with Crippen LogP contribution in [-0.2, 0) is 11.3 Å². The van der Waals surface area contributed by atoms with E-state index < -0.39 is 11.7 Å². The molecule has 1 aliphatic heterocycles. The van der Waals surface area contributed by atoms with Crippen molar-refractivity contribution in [2.75, 3.05) is 20.1 Å². The highest BCUT2D eigenvalue weighted by molar-refractivity contribution is 5.93. The molecule has 2 aromatic heterocycles. The molecule has 3 heterocycles. The number of pyridine rings is 2. The highest BCUT2D eigenvalue weighted by Crippen LogP contribution is 2.20. The Hall–Kier alpha value is -2.87. The standard InChI is InChI=1S/C18H20FN5O2/c1-20-17(25)14-10-24(9-12-3-2-6-21-7-12)11-16(14)23-18(26)15-5-4-13(19)8-22-15/h2-8,14,16H,9-11H2,1H3,(H,20,25)(H,23,26)/t14-,16-/m0/s1. The average Bonchev–Trinajstić information content (AvgIpc) is 3.04. The summed E-state index contributed by atoms with van der Waals surface area (Å²) < 4.78 is 13.0. The summed E-state index contributed by atoms with van der Waals surface area (Å²) in [5.74, 6) is -1.43. The van der Waals surface area contributed by atoms with Gasteiger partial charge in [0.25, 0.3) is 5.91 Å². The lowest BCUT2D eigenvalue weighted by Crippen LogP contribution is -2.45. The van der Waals surface area contributed by atoms with Gasteiger partial charge in [-0.25, -0.2) is 9.37 Å². The van der Waals surface area contributed by atoms with E-state index >= 15 is 0 Å². The molecule has 8 heteroatoms. The number of nitrogens with zero attached hydrogens (tertiary/aromatic N) is 3. The first kappa shape index (κ1) is 17.9. The Morgan fingerprint density at radius 1 is 1.27 bits per heavy atom. The Balaban J connectivity index is 1.69. The fourth-order valence-electron chi connectivity index (χ4n) is 3.11. The molecule has 1 fully saturated rings. The van der Waals surface area contributed by atoms with Crippen LogP contribution >= 0.6 is 0 Å². The lowest BCUT2D eigenvalue weighted by atomic mass is 10.0. The molecule has 0 spiro atoms. The molecular weight excluding hydrogens is 337 g/mol. The van der Waals surface area contributed by atoms with Crippen LogP contribution in [-0.4, -0.2) is 52.9 Å². The second-order valence-corrected chi connectivity index (χ2v) is 6.22. The lowest BCUT2D eigenvalue weighted by molar-refractivity contribution is -0.124. The van der Waals surface area contributed by atoms with E-state index in [-0.39, 0.29) is 23.6 Å². The minimum absolute atomic E-state index is 0.118. The van der Waals surface area contributed by atoms with Crippen molar-refractivity contribution in [1.29, 1.82) is 0 Å². The molecule has 3 rings (SSSR count). The summed E-state index contributed by atoms with van der Waals surface area (Å²) >= 11 is 0. The summed E-state index contributed by atoms with van der Waals surface area (Å²) in [6, 6.07) is 5.98. The highest BCUT2D eigenvalue weighted by Gasteiger charge is 2.38. The molecule has 1 saturated heterocycles. The van der Waals surface area contributed by atoms with Crippen LogP contribution in [0.5, 0.6) is 0 Å². The van der Waals surface area contributed by atoms with E-state index in [2.05, 4.69) is 25.5 Å². The smallest absolute Gasteiger partial charge is 0.270 e. The number of hydrogen-bond acceptors (Lipinski definition) is 5. The van der Waals surface area contributed by atoms with E-state index in [9.17, 15) is 14.0 Å². The summed E-state index contributed by atoms with van der Waals surface area (Å²) in [7, 11) is 1.58. The molecule has 0 saturated carbocycles. The molecule has 26 heavy (non-hydrogen) atoms. The summed E-state index contributed by atoms with van der Waals surface area (Å²) in [5, 5.41) is 5.50. The number of carbonyl (C=O) groups is 2. The third-order valence-corrected chi connectivity index (χ3v) is 4.38. The van der Waals surface area contributed by atoms with Gasteiger partial charge < -0.3 is 10.6 Å². The summed E-state index contributed by atoms with van der Waals surface area (Å²) in [4.78, 5) is 34.6. The number of amides is 2. The van der Waals surface area contributed by atoms with E-state index in [1.807, 2.05) is 12.1 Å². The Morgan fingerprint density at radius 3 is 2.77 bits per heavy atom. The van der Waals surface area contributed by atoms with Crippen molar-refractivity contribution < 1.29 is 14.0 Å². The third-order valence-electron chi connectivity index (χ3n) is 4.38. The second kappa shape index (κ2) is 8.01. The van der Waals surface area contributed by atoms with E-state index in [1.165, 1.54) is 12.1 Å².